The highest BCUT2D eigenvalue weighted by Gasteiger charge is 2.20. The molecule has 1 unspecified atom stereocenters. The summed E-state index contributed by atoms with van der Waals surface area (Å²) in [7, 11) is 1.56. The molecule has 9 heteroatoms. The number of ether oxygens (including phenoxy) is 2. The van der Waals surface area contributed by atoms with Crippen LogP contribution >= 0.6 is 0 Å². The van der Waals surface area contributed by atoms with E-state index < -0.39 is 11.9 Å². The third kappa shape index (κ3) is 8.65. The van der Waals surface area contributed by atoms with Gasteiger partial charge in [-0.2, -0.15) is 0 Å². The number of hydrogen-bond acceptors (Lipinski definition) is 6. The molecule has 1 aromatic carbocycles. The maximum Gasteiger partial charge on any atom is 0.328 e. The molecule has 1 aromatic rings. The zero-order chi connectivity index (χ0) is 20.9. The summed E-state index contributed by atoms with van der Waals surface area (Å²) < 4.78 is 10.9. The molecule has 1 aliphatic heterocycles. The van der Waals surface area contributed by atoms with Gasteiger partial charge in [0.25, 0.3) is 5.91 Å². The van der Waals surface area contributed by atoms with E-state index in [0.717, 1.165) is 26.2 Å². The van der Waals surface area contributed by atoms with Gasteiger partial charge in [-0.25, -0.2) is 9.59 Å². The van der Waals surface area contributed by atoms with E-state index in [0.29, 0.717) is 30.0 Å². The molecule has 1 fully saturated rings. The zero-order valence-corrected chi connectivity index (χ0v) is 16.0. The van der Waals surface area contributed by atoms with Gasteiger partial charge >= 0.3 is 11.9 Å². The Balaban J connectivity index is 0.000000416. The number of amides is 1. The van der Waals surface area contributed by atoms with E-state index in [1.54, 1.807) is 19.2 Å². The van der Waals surface area contributed by atoms with Gasteiger partial charge in [0.2, 0.25) is 0 Å². The molecule has 0 aliphatic carbocycles. The Morgan fingerprint density at radius 2 is 1.89 bits per heavy atom. The summed E-state index contributed by atoms with van der Waals surface area (Å²) in [5, 5.41) is 18.5. The fraction of sp³-hybridized carbons (Fsp3) is 0.421. The summed E-state index contributed by atoms with van der Waals surface area (Å²) in [6.45, 7) is 6.22. The number of aliphatic carboxylic acids is 2. The van der Waals surface area contributed by atoms with Gasteiger partial charge in [0.1, 0.15) is 5.75 Å². The number of nitrogens with one attached hydrogen (secondary N) is 1. The Bertz CT molecular complexity index is 675. The highest BCUT2D eigenvalue weighted by Crippen LogP contribution is 2.16. The van der Waals surface area contributed by atoms with E-state index in [9.17, 15) is 14.4 Å². The van der Waals surface area contributed by atoms with E-state index >= 15 is 0 Å². The third-order valence-electron chi connectivity index (χ3n) is 3.88. The largest absolute Gasteiger partial charge is 0.496 e. The van der Waals surface area contributed by atoms with Crippen LogP contribution in [0, 0.1) is 0 Å². The molecular formula is C19H26N2O7. The minimum absolute atomic E-state index is 0.0577. The third-order valence-corrected chi connectivity index (χ3v) is 3.88. The van der Waals surface area contributed by atoms with Crippen LogP contribution < -0.4 is 10.1 Å². The predicted molar refractivity (Wildman–Crippen MR) is 102 cm³/mol. The van der Waals surface area contributed by atoms with Crippen molar-refractivity contribution in [2.75, 3.05) is 39.9 Å². The molecule has 1 heterocycles. The van der Waals surface area contributed by atoms with Crippen LogP contribution in [0.5, 0.6) is 5.75 Å². The first kappa shape index (κ1) is 23.1. The van der Waals surface area contributed by atoms with E-state index in [1.807, 2.05) is 12.1 Å². The second kappa shape index (κ2) is 12.5. The number of benzene rings is 1. The van der Waals surface area contributed by atoms with Gasteiger partial charge < -0.3 is 25.0 Å². The maximum atomic E-state index is 12.2. The lowest BCUT2D eigenvalue weighted by Crippen LogP contribution is -2.47. The number of morpholine rings is 1. The van der Waals surface area contributed by atoms with Crippen molar-refractivity contribution >= 4 is 17.8 Å². The molecule has 0 aromatic heterocycles. The van der Waals surface area contributed by atoms with Crippen molar-refractivity contribution in [3.8, 4) is 5.75 Å². The Labute approximate surface area is 163 Å². The minimum atomic E-state index is -1.26. The van der Waals surface area contributed by atoms with E-state index in [4.69, 9.17) is 19.7 Å². The Hall–Kier alpha value is -2.91. The van der Waals surface area contributed by atoms with Crippen molar-refractivity contribution in [3.63, 3.8) is 0 Å². The molecule has 2 rings (SSSR count). The number of nitrogens with zero attached hydrogens (tertiary/aromatic N) is 1. The highest BCUT2D eigenvalue weighted by molar-refractivity contribution is 5.96. The first-order valence-corrected chi connectivity index (χ1v) is 8.76. The molecule has 0 bridgehead atoms. The minimum Gasteiger partial charge on any atom is -0.496 e. The number of likely N-dealkylation sites (N-methyl/N-ethyl adjacent to an activating group) is 1. The molecule has 1 aliphatic rings. The Morgan fingerprint density at radius 3 is 2.46 bits per heavy atom. The fourth-order valence-electron chi connectivity index (χ4n) is 2.47. The molecule has 1 atom stereocenters. The lowest BCUT2D eigenvalue weighted by atomic mass is 10.2. The van der Waals surface area contributed by atoms with Gasteiger partial charge in [-0.05, 0) is 18.7 Å². The number of carbonyl (C=O) groups is 3. The molecule has 9 nitrogen and oxygen atoms in total. The van der Waals surface area contributed by atoms with Crippen LogP contribution in [0.3, 0.4) is 0 Å². The number of rotatable bonds is 7. The van der Waals surface area contributed by atoms with Crippen molar-refractivity contribution in [2.45, 2.75) is 13.0 Å². The topological polar surface area (TPSA) is 125 Å². The van der Waals surface area contributed by atoms with Gasteiger partial charge in [0.05, 0.1) is 25.4 Å². The smallest absolute Gasteiger partial charge is 0.328 e. The number of hydrogen-bond donors (Lipinski definition) is 3. The van der Waals surface area contributed by atoms with Gasteiger partial charge in [-0.3, -0.25) is 9.69 Å². The summed E-state index contributed by atoms with van der Waals surface area (Å²) in [6, 6.07) is 7.21. The summed E-state index contributed by atoms with van der Waals surface area (Å²) in [5.74, 6) is -2.05. The van der Waals surface area contributed by atoms with E-state index in [1.165, 1.54) is 0 Å². The first-order chi connectivity index (χ1) is 13.4. The molecule has 0 spiro atoms. The summed E-state index contributed by atoms with van der Waals surface area (Å²) >= 11 is 0. The van der Waals surface area contributed by atoms with Crippen LogP contribution in [0.15, 0.2) is 36.4 Å². The number of carboxylic acids is 2. The molecule has 154 valence electrons. The molecule has 1 amide bonds. The number of methoxy groups -OCH3 is 1. The quantitative estimate of drug-likeness (QED) is 0.582. The first-order valence-electron chi connectivity index (χ1n) is 8.76. The SMILES string of the molecule is CCN1CCOC(CNC(=O)c2ccccc2OC)C1.O=C(O)/C=C/C(=O)O. The van der Waals surface area contributed by atoms with Crippen LogP contribution in [-0.2, 0) is 14.3 Å². The molecule has 0 saturated carbocycles. The van der Waals surface area contributed by atoms with Crippen molar-refractivity contribution in [2.24, 2.45) is 0 Å². The molecule has 1 saturated heterocycles. The second-order valence-electron chi connectivity index (χ2n) is 5.81. The average Bonchev–Trinajstić information content (AvgIpc) is 2.71. The molecule has 3 N–H and O–H groups in total. The molecule has 28 heavy (non-hydrogen) atoms. The monoisotopic (exact) mass is 394 g/mol. The van der Waals surface area contributed by atoms with Gasteiger partial charge in [-0.1, -0.05) is 19.1 Å². The summed E-state index contributed by atoms with van der Waals surface area (Å²) in [6.07, 6.45) is 1.17. The molecule has 0 radical (unpaired) electrons. The van der Waals surface area contributed by atoms with Gasteiger partial charge in [-0.15, -0.1) is 0 Å². The van der Waals surface area contributed by atoms with E-state index in [-0.39, 0.29) is 12.0 Å². The lowest BCUT2D eigenvalue weighted by Gasteiger charge is -2.32. The molecular weight excluding hydrogens is 368 g/mol. The van der Waals surface area contributed by atoms with Gasteiger partial charge in [0.15, 0.2) is 0 Å². The Kier molecular flexibility index (Phi) is 10.3. The number of carboxylic acid groups (broad SMARTS) is 2. The standard InChI is InChI=1S/C15H22N2O3.C4H4O4/c1-3-17-8-9-20-12(11-17)10-16-15(18)13-6-4-5-7-14(13)19-2;5-3(6)1-2-4(7)8/h4-7,12H,3,8-11H2,1-2H3,(H,16,18);1-2H,(H,5,6)(H,7,8)/b;2-1+. The van der Waals surface area contributed by atoms with Crippen LogP contribution in [-0.4, -0.2) is 79.0 Å². The normalized spacial score (nSPS) is 16.7. The van der Waals surface area contributed by atoms with Crippen molar-refractivity contribution < 1.29 is 34.1 Å². The average molecular weight is 394 g/mol. The Morgan fingerprint density at radius 1 is 1.25 bits per heavy atom. The number of para-hydroxylation sites is 1. The van der Waals surface area contributed by atoms with Crippen LogP contribution in [0.4, 0.5) is 0 Å². The van der Waals surface area contributed by atoms with Crippen LogP contribution in [0.1, 0.15) is 17.3 Å². The maximum absolute atomic E-state index is 12.2. The van der Waals surface area contributed by atoms with Crippen molar-refractivity contribution in [1.29, 1.82) is 0 Å². The van der Waals surface area contributed by atoms with Crippen LogP contribution in [0.25, 0.3) is 0 Å². The number of carbonyl (C=O) groups excluding carboxylic acids is 1. The van der Waals surface area contributed by atoms with Gasteiger partial charge in [0, 0.05) is 31.8 Å². The lowest BCUT2D eigenvalue weighted by molar-refractivity contribution is -0.134. The summed E-state index contributed by atoms with van der Waals surface area (Å²) in [5.41, 5.74) is 0.554. The van der Waals surface area contributed by atoms with Crippen molar-refractivity contribution in [3.05, 3.63) is 42.0 Å². The van der Waals surface area contributed by atoms with Crippen LogP contribution in [0.2, 0.25) is 0 Å². The second-order valence-corrected chi connectivity index (χ2v) is 5.81. The van der Waals surface area contributed by atoms with Crippen molar-refractivity contribution in [1.82, 2.24) is 10.2 Å². The summed E-state index contributed by atoms with van der Waals surface area (Å²) in [4.78, 5) is 33.6. The predicted octanol–water partition coefficient (Wildman–Crippen LogP) is 0.858. The van der Waals surface area contributed by atoms with E-state index in [2.05, 4.69) is 17.1 Å². The zero-order valence-electron chi connectivity index (χ0n) is 16.0. The fourth-order valence-corrected chi connectivity index (χ4v) is 2.47. The highest BCUT2D eigenvalue weighted by atomic mass is 16.5.